The van der Waals surface area contributed by atoms with Crippen molar-refractivity contribution in [1.29, 1.82) is 0 Å². The summed E-state index contributed by atoms with van der Waals surface area (Å²) in [7, 11) is 1.12. The van der Waals surface area contributed by atoms with Gasteiger partial charge in [0, 0.05) is 44.8 Å². The fraction of sp³-hybridized carbons (Fsp3) is 0.412. The number of alkyl halides is 3. The highest BCUT2D eigenvalue weighted by atomic mass is 35.5. The third-order valence-electron chi connectivity index (χ3n) is 4.44. The van der Waals surface area contributed by atoms with Gasteiger partial charge >= 0.3 is 6.18 Å². The molecule has 1 aromatic carbocycles. The Morgan fingerprint density at radius 3 is 2.22 bits per heavy atom. The third-order valence-corrected chi connectivity index (χ3v) is 5.05. The van der Waals surface area contributed by atoms with Crippen LogP contribution in [0.5, 0.6) is 0 Å². The molecule has 0 bridgehead atoms. The van der Waals surface area contributed by atoms with Gasteiger partial charge in [0.05, 0.1) is 0 Å². The van der Waals surface area contributed by atoms with Gasteiger partial charge in [-0.2, -0.15) is 18.3 Å². The van der Waals surface area contributed by atoms with Crippen molar-refractivity contribution in [3.63, 3.8) is 0 Å². The van der Waals surface area contributed by atoms with Crippen LogP contribution < -0.4 is 0 Å². The molecule has 1 fully saturated rings. The van der Waals surface area contributed by atoms with E-state index in [4.69, 9.17) is 23.2 Å². The molecule has 0 N–H and O–H groups in total. The molecule has 0 atom stereocenters. The molecule has 146 valence electrons. The number of hydrogen-bond acceptors (Lipinski definition) is 3. The van der Waals surface area contributed by atoms with E-state index in [1.165, 1.54) is 4.90 Å². The first-order valence-corrected chi connectivity index (χ1v) is 8.98. The SMILES string of the molecule is Cn1nc(C(=O)N2CCN(Cc3ccc(Cl)cc3)CC2)c(Cl)c1C(F)(F)F. The quantitative estimate of drug-likeness (QED) is 0.759. The lowest BCUT2D eigenvalue weighted by Crippen LogP contribution is -2.48. The van der Waals surface area contributed by atoms with E-state index in [9.17, 15) is 18.0 Å². The zero-order valence-corrected chi connectivity index (χ0v) is 15.9. The largest absolute Gasteiger partial charge is 0.434 e. The molecule has 0 radical (unpaired) electrons. The first kappa shape index (κ1) is 20.0. The maximum Gasteiger partial charge on any atom is 0.434 e. The van der Waals surface area contributed by atoms with Crippen LogP contribution in [-0.2, 0) is 19.8 Å². The highest BCUT2D eigenvalue weighted by molar-refractivity contribution is 6.34. The molecule has 0 saturated carbocycles. The fourth-order valence-electron chi connectivity index (χ4n) is 3.05. The van der Waals surface area contributed by atoms with Crippen molar-refractivity contribution in [2.75, 3.05) is 26.2 Å². The minimum Gasteiger partial charge on any atom is -0.335 e. The van der Waals surface area contributed by atoms with Gasteiger partial charge in [0.15, 0.2) is 11.4 Å². The van der Waals surface area contributed by atoms with E-state index in [1.807, 2.05) is 24.3 Å². The van der Waals surface area contributed by atoms with Gasteiger partial charge in [-0.3, -0.25) is 14.4 Å². The van der Waals surface area contributed by atoms with Crippen molar-refractivity contribution >= 4 is 29.1 Å². The number of amides is 1. The Balaban J connectivity index is 1.64. The van der Waals surface area contributed by atoms with Crippen molar-refractivity contribution in [3.8, 4) is 0 Å². The van der Waals surface area contributed by atoms with Crippen molar-refractivity contribution in [3.05, 3.63) is 51.3 Å². The Hall–Kier alpha value is -1.77. The second kappa shape index (κ2) is 7.69. The van der Waals surface area contributed by atoms with E-state index < -0.39 is 22.8 Å². The van der Waals surface area contributed by atoms with Crippen LogP contribution in [0.15, 0.2) is 24.3 Å². The van der Waals surface area contributed by atoms with Crippen molar-refractivity contribution in [1.82, 2.24) is 19.6 Å². The number of halogens is 5. The Morgan fingerprint density at radius 1 is 1.11 bits per heavy atom. The predicted octanol–water partition coefficient (Wildman–Crippen LogP) is 3.70. The molecule has 1 amide bonds. The third kappa shape index (κ3) is 4.39. The summed E-state index contributed by atoms with van der Waals surface area (Å²) in [5, 5.41) is 3.71. The van der Waals surface area contributed by atoms with Crippen LogP contribution in [0.1, 0.15) is 21.7 Å². The Morgan fingerprint density at radius 2 is 1.70 bits per heavy atom. The van der Waals surface area contributed by atoms with Crippen LogP contribution in [0.4, 0.5) is 13.2 Å². The van der Waals surface area contributed by atoms with Crippen LogP contribution in [0.3, 0.4) is 0 Å². The number of rotatable bonds is 3. The van der Waals surface area contributed by atoms with Gasteiger partial charge in [-0.25, -0.2) is 0 Å². The number of benzene rings is 1. The van der Waals surface area contributed by atoms with Crippen LogP contribution in [0.25, 0.3) is 0 Å². The molecule has 27 heavy (non-hydrogen) atoms. The number of aromatic nitrogens is 2. The average Bonchev–Trinajstić information content (AvgIpc) is 2.91. The molecule has 1 aromatic heterocycles. The zero-order valence-electron chi connectivity index (χ0n) is 14.4. The minimum atomic E-state index is -4.67. The van der Waals surface area contributed by atoms with Gasteiger partial charge in [-0.05, 0) is 17.7 Å². The van der Waals surface area contributed by atoms with E-state index in [0.717, 1.165) is 12.6 Å². The van der Waals surface area contributed by atoms with E-state index in [-0.39, 0.29) is 5.69 Å². The molecule has 1 saturated heterocycles. The van der Waals surface area contributed by atoms with Gasteiger partial charge in [0.1, 0.15) is 5.02 Å². The summed E-state index contributed by atoms with van der Waals surface area (Å²) in [6.07, 6.45) is -4.67. The van der Waals surface area contributed by atoms with Gasteiger partial charge in [-0.1, -0.05) is 35.3 Å². The topological polar surface area (TPSA) is 41.4 Å². The molecular formula is C17H17Cl2F3N4O. The molecule has 2 aromatic rings. The van der Waals surface area contributed by atoms with Crippen LogP contribution in [-0.4, -0.2) is 51.7 Å². The lowest BCUT2D eigenvalue weighted by Gasteiger charge is -2.34. The van der Waals surface area contributed by atoms with Gasteiger partial charge in [-0.15, -0.1) is 0 Å². The summed E-state index contributed by atoms with van der Waals surface area (Å²) >= 11 is 11.7. The molecule has 2 heterocycles. The summed E-state index contributed by atoms with van der Waals surface area (Å²) in [6.45, 7) is 2.69. The van der Waals surface area contributed by atoms with E-state index in [2.05, 4.69) is 10.00 Å². The molecule has 0 unspecified atom stereocenters. The highest BCUT2D eigenvalue weighted by Gasteiger charge is 2.40. The molecule has 1 aliphatic rings. The summed E-state index contributed by atoms with van der Waals surface area (Å²) in [6, 6.07) is 7.51. The van der Waals surface area contributed by atoms with Crippen LogP contribution >= 0.6 is 23.2 Å². The maximum absolute atomic E-state index is 13.0. The molecule has 0 spiro atoms. The number of carbonyl (C=O) groups excluding carboxylic acids is 1. The summed E-state index contributed by atoms with van der Waals surface area (Å²) in [5.74, 6) is -0.586. The Labute approximate surface area is 164 Å². The van der Waals surface area contributed by atoms with Gasteiger partial charge < -0.3 is 4.90 Å². The standard InChI is InChI=1S/C17H17Cl2F3N4O/c1-24-15(17(20,21)22)13(19)14(23-24)16(27)26-8-6-25(7-9-26)10-11-2-4-12(18)5-3-11/h2-5H,6-10H2,1H3. The number of piperazine rings is 1. The normalized spacial score (nSPS) is 16.0. The number of nitrogens with zero attached hydrogens (tertiary/aromatic N) is 4. The summed E-state index contributed by atoms with van der Waals surface area (Å²) < 4.78 is 39.7. The van der Waals surface area contributed by atoms with E-state index in [0.29, 0.717) is 42.4 Å². The zero-order chi connectivity index (χ0) is 19.8. The maximum atomic E-state index is 13.0. The monoisotopic (exact) mass is 420 g/mol. The number of aryl methyl sites for hydroxylation is 1. The van der Waals surface area contributed by atoms with Crippen molar-refractivity contribution in [2.24, 2.45) is 7.05 Å². The Bertz CT molecular complexity index is 828. The minimum absolute atomic E-state index is 0.363. The first-order valence-electron chi connectivity index (χ1n) is 8.22. The molecular weight excluding hydrogens is 404 g/mol. The van der Waals surface area contributed by atoms with Crippen molar-refractivity contribution < 1.29 is 18.0 Å². The second-order valence-corrected chi connectivity index (χ2v) is 7.14. The lowest BCUT2D eigenvalue weighted by molar-refractivity contribution is -0.143. The molecule has 5 nitrogen and oxygen atoms in total. The number of hydrogen-bond donors (Lipinski definition) is 0. The molecule has 1 aliphatic heterocycles. The van der Waals surface area contributed by atoms with Crippen LogP contribution in [0, 0.1) is 0 Å². The molecule has 0 aliphatic carbocycles. The van der Waals surface area contributed by atoms with Gasteiger partial charge in [0.25, 0.3) is 5.91 Å². The molecule has 10 heteroatoms. The second-order valence-electron chi connectivity index (χ2n) is 6.33. The predicted molar refractivity (Wildman–Crippen MR) is 95.9 cm³/mol. The number of carbonyl (C=O) groups is 1. The molecule has 3 rings (SSSR count). The Kier molecular flexibility index (Phi) is 5.69. The van der Waals surface area contributed by atoms with Crippen LogP contribution in [0.2, 0.25) is 10.0 Å². The van der Waals surface area contributed by atoms with E-state index >= 15 is 0 Å². The summed E-state index contributed by atoms with van der Waals surface area (Å²) in [5.41, 5.74) is -0.381. The van der Waals surface area contributed by atoms with Gasteiger partial charge in [0.2, 0.25) is 0 Å². The van der Waals surface area contributed by atoms with Crippen molar-refractivity contribution in [2.45, 2.75) is 12.7 Å². The smallest absolute Gasteiger partial charge is 0.335 e. The average molecular weight is 421 g/mol. The summed E-state index contributed by atoms with van der Waals surface area (Å²) in [4.78, 5) is 16.2. The van der Waals surface area contributed by atoms with E-state index in [1.54, 1.807) is 0 Å². The lowest BCUT2D eigenvalue weighted by atomic mass is 10.2. The first-order chi connectivity index (χ1) is 12.7. The highest BCUT2D eigenvalue weighted by Crippen LogP contribution is 2.36. The fourth-order valence-corrected chi connectivity index (χ4v) is 3.52.